The molecular weight excluding hydrogens is 132 g/mol. The first-order chi connectivity index (χ1) is 4.74. The normalized spacial score (nSPS) is 40.1. The van der Waals surface area contributed by atoms with Gasteiger partial charge in [-0.25, -0.2) is 0 Å². The molecule has 1 unspecified atom stereocenters. The molecule has 3 atom stereocenters. The summed E-state index contributed by atoms with van der Waals surface area (Å²) in [4.78, 5) is 0. The van der Waals surface area contributed by atoms with Crippen molar-refractivity contribution in [1.82, 2.24) is 0 Å². The average molecular weight is 144 g/mol. The Labute approximate surface area is 60.3 Å². The van der Waals surface area contributed by atoms with Crippen LogP contribution in [0.3, 0.4) is 0 Å². The summed E-state index contributed by atoms with van der Waals surface area (Å²) in [5.41, 5.74) is 0. The highest BCUT2D eigenvalue weighted by Gasteiger charge is 2.20. The molecule has 0 amide bonds. The smallest absolute Gasteiger partial charge is 0.177 e. The Balaban J connectivity index is 2.51. The van der Waals surface area contributed by atoms with Gasteiger partial charge < -0.3 is 14.6 Å². The predicted octanol–water partition coefficient (Wildman–Crippen LogP) is 0.295. The molecule has 0 saturated carbocycles. The summed E-state index contributed by atoms with van der Waals surface area (Å²) in [7, 11) is 1.57. The maximum atomic E-state index is 9.12. The Morgan fingerprint density at radius 3 is 2.70 bits per heavy atom. The minimum absolute atomic E-state index is 0.171. The molecule has 0 fully saturated rings. The molecule has 0 aromatic carbocycles. The van der Waals surface area contributed by atoms with Crippen LogP contribution in [0.5, 0.6) is 0 Å². The number of aliphatic hydroxyl groups excluding tert-OH is 1. The molecule has 0 saturated heterocycles. The van der Waals surface area contributed by atoms with Gasteiger partial charge in [-0.1, -0.05) is 6.08 Å². The van der Waals surface area contributed by atoms with Crippen LogP contribution < -0.4 is 0 Å². The molecule has 1 heterocycles. The Morgan fingerprint density at radius 1 is 1.50 bits per heavy atom. The summed E-state index contributed by atoms with van der Waals surface area (Å²) in [6, 6.07) is 0. The minimum atomic E-state index is -0.494. The van der Waals surface area contributed by atoms with Gasteiger partial charge in [-0.3, -0.25) is 0 Å². The third-order valence-electron chi connectivity index (χ3n) is 1.53. The van der Waals surface area contributed by atoms with Crippen molar-refractivity contribution in [3.05, 3.63) is 12.2 Å². The van der Waals surface area contributed by atoms with Crippen molar-refractivity contribution in [2.24, 2.45) is 0 Å². The van der Waals surface area contributed by atoms with Crippen molar-refractivity contribution in [1.29, 1.82) is 0 Å². The number of hydrogen-bond acceptors (Lipinski definition) is 3. The molecule has 1 N–H and O–H groups in total. The average Bonchev–Trinajstić information content (AvgIpc) is 1.95. The first-order valence-corrected chi connectivity index (χ1v) is 3.28. The number of ether oxygens (including phenoxy) is 2. The molecule has 0 bridgehead atoms. The van der Waals surface area contributed by atoms with Crippen LogP contribution in [0.2, 0.25) is 0 Å². The summed E-state index contributed by atoms with van der Waals surface area (Å²) in [6.45, 7) is 1.81. The lowest BCUT2D eigenvalue weighted by atomic mass is 10.2. The zero-order chi connectivity index (χ0) is 7.56. The highest BCUT2D eigenvalue weighted by Crippen LogP contribution is 2.12. The Bertz CT molecular complexity index is 133. The summed E-state index contributed by atoms with van der Waals surface area (Å²) in [6.07, 6.45) is 2.42. The van der Waals surface area contributed by atoms with Crippen LogP contribution in [0.15, 0.2) is 12.2 Å². The Hall–Kier alpha value is -0.380. The van der Waals surface area contributed by atoms with E-state index in [9.17, 15) is 0 Å². The number of methoxy groups -OCH3 is 1. The third-order valence-corrected chi connectivity index (χ3v) is 1.53. The zero-order valence-electron chi connectivity index (χ0n) is 6.15. The lowest BCUT2D eigenvalue weighted by Gasteiger charge is -2.25. The molecule has 0 spiro atoms. The zero-order valence-corrected chi connectivity index (χ0v) is 6.15. The number of hydrogen-bond donors (Lipinski definition) is 1. The first kappa shape index (κ1) is 7.72. The first-order valence-electron chi connectivity index (χ1n) is 3.28. The molecule has 3 nitrogen and oxygen atoms in total. The van der Waals surface area contributed by atoms with Crippen molar-refractivity contribution in [2.75, 3.05) is 7.11 Å². The second-order valence-electron chi connectivity index (χ2n) is 2.32. The monoisotopic (exact) mass is 144 g/mol. The van der Waals surface area contributed by atoms with Crippen molar-refractivity contribution in [3.63, 3.8) is 0 Å². The molecule has 1 aliphatic rings. The van der Waals surface area contributed by atoms with Gasteiger partial charge in [-0.05, 0) is 13.0 Å². The SMILES string of the molecule is COC1C=C[C@@H](O)[C@H](C)O1. The summed E-state index contributed by atoms with van der Waals surface area (Å²) in [5, 5.41) is 9.12. The quantitative estimate of drug-likeness (QED) is 0.538. The van der Waals surface area contributed by atoms with E-state index in [1.165, 1.54) is 0 Å². The molecule has 1 rings (SSSR count). The van der Waals surface area contributed by atoms with Gasteiger partial charge in [-0.2, -0.15) is 0 Å². The van der Waals surface area contributed by atoms with Gasteiger partial charge >= 0.3 is 0 Å². The van der Waals surface area contributed by atoms with Crippen LogP contribution in [0.1, 0.15) is 6.92 Å². The molecule has 0 aliphatic carbocycles. The molecule has 0 radical (unpaired) electrons. The van der Waals surface area contributed by atoms with Crippen LogP contribution in [0.25, 0.3) is 0 Å². The van der Waals surface area contributed by atoms with Gasteiger partial charge in [0, 0.05) is 7.11 Å². The van der Waals surface area contributed by atoms with Crippen LogP contribution in [-0.2, 0) is 9.47 Å². The molecule has 0 aromatic heterocycles. The third kappa shape index (κ3) is 1.56. The van der Waals surface area contributed by atoms with Crippen molar-refractivity contribution >= 4 is 0 Å². The Morgan fingerprint density at radius 2 is 2.20 bits per heavy atom. The van der Waals surface area contributed by atoms with E-state index in [2.05, 4.69) is 0 Å². The van der Waals surface area contributed by atoms with E-state index < -0.39 is 6.10 Å². The number of rotatable bonds is 1. The fraction of sp³-hybridized carbons (Fsp3) is 0.714. The van der Waals surface area contributed by atoms with Crippen molar-refractivity contribution in [2.45, 2.75) is 25.4 Å². The summed E-state index contributed by atoms with van der Waals surface area (Å²) in [5.74, 6) is 0. The van der Waals surface area contributed by atoms with Crippen molar-refractivity contribution < 1.29 is 14.6 Å². The van der Waals surface area contributed by atoms with E-state index in [1.807, 2.05) is 0 Å². The molecule has 1 aliphatic heterocycles. The Kier molecular flexibility index (Phi) is 2.43. The minimum Gasteiger partial charge on any atom is -0.386 e. The fourth-order valence-electron chi connectivity index (χ4n) is 0.833. The molecule has 10 heavy (non-hydrogen) atoms. The molecular formula is C7H12O3. The van der Waals surface area contributed by atoms with Gasteiger partial charge in [0.25, 0.3) is 0 Å². The van der Waals surface area contributed by atoms with E-state index in [4.69, 9.17) is 14.6 Å². The maximum absolute atomic E-state index is 9.12. The van der Waals surface area contributed by atoms with E-state index in [1.54, 1.807) is 26.2 Å². The van der Waals surface area contributed by atoms with Crippen molar-refractivity contribution in [3.8, 4) is 0 Å². The van der Waals surface area contributed by atoms with E-state index >= 15 is 0 Å². The maximum Gasteiger partial charge on any atom is 0.177 e. The van der Waals surface area contributed by atoms with E-state index in [0.717, 1.165) is 0 Å². The second kappa shape index (κ2) is 3.14. The topological polar surface area (TPSA) is 38.7 Å². The van der Waals surface area contributed by atoms with Gasteiger partial charge in [-0.15, -0.1) is 0 Å². The fourth-order valence-corrected chi connectivity index (χ4v) is 0.833. The van der Waals surface area contributed by atoms with Crippen LogP contribution >= 0.6 is 0 Å². The van der Waals surface area contributed by atoms with Gasteiger partial charge in [0.2, 0.25) is 0 Å². The van der Waals surface area contributed by atoms with Crippen LogP contribution in [0, 0.1) is 0 Å². The number of aliphatic hydroxyl groups is 1. The lowest BCUT2D eigenvalue weighted by molar-refractivity contribution is -0.151. The van der Waals surface area contributed by atoms with E-state index in [-0.39, 0.29) is 12.4 Å². The highest BCUT2D eigenvalue weighted by atomic mass is 16.7. The largest absolute Gasteiger partial charge is 0.386 e. The molecule has 0 aromatic rings. The van der Waals surface area contributed by atoms with Crippen LogP contribution in [-0.4, -0.2) is 30.7 Å². The molecule has 58 valence electrons. The van der Waals surface area contributed by atoms with E-state index in [0.29, 0.717) is 0 Å². The standard InChI is InChI=1S/C7H12O3/c1-5-6(8)3-4-7(9-2)10-5/h3-8H,1-2H3/t5-,6+,7?/m0/s1. The summed E-state index contributed by atoms with van der Waals surface area (Å²) < 4.78 is 10.1. The van der Waals surface area contributed by atoms with Gasteiger partial charge in [0.05, 0.1) is 12.2 Å². The lowest BCUT2D eigenvalue weighted by Crippen LogP contribution is -2.33. The van der Waals surface area contributed by atoms with Gasteiger partial charge in [0.15, 0.2) is 6.29 Å². The highest BCUT2D eigenvalue weighted by molar-refractivity contribution is 4.98. The predicted molar refractivity (Wildman–Crippen MR) is 36.5 cm³/mol. The molecule has 3 heteroatoms. The van der Waals surface area contributed by atoms with Gasteiger partial charge in [0.1, 0.15) is 0 Å². The van der Waals surface area contributed by atoms with Crippen LogP contribution in [0.4, 0.5) is 0 Å². The second-order valence-corrected chi connectivity index (χ2v) is 2.32. The summed E-state index contributed by atoms with van der Waals surface area (Å²) >= 11 is 0.